The standard InChI is InChI=1S/C28H29N3O2S2/c1-4-30(5-2)17-18-31(28-29-24-16-15-23(34-3)19-25(24)35-28)27(33)22-13-11-21(12-14-22)26(32)20-9-7-6-8-10-20/h6-16,19H,4-5,17-18H2,1-3H3. The van der Waals surface area contributed by atoms with E-state index in [1.54, 1.807) is 53.1 Å². The number of likely N-dealkylation sites (N-methyl/N-ethyl adjacent to an activating group) is 1. The fraction of sp³-hybridized carbons (Fsp3) is 0.250. The second kappa shape index (κ2) is 11.6. The number of thiazole rings is 1. The molecule has 1 heterocycles. The number of ketones is 1. The molecule has 0 saturated heterocycles. The van der Waals surface area contributed by atoms with Crippen molar-refractivity contribution < 1.29 is 9.59 Å². The SMILES string of the molecule is CCN(CC)CCN(C(=O)c1ccc(C(=O)c2ccccc2)cc1)c1nc2ccc(SC)cc2s1. The van der Waals surface area contributed by atoms with Gasteiger partial charge in [0.05, 0.1) is 10.2 Å². The van der Waals surface area contributed by atoms with Crippen molar-refractivity contribution in [3.05, 3.63) is 89.5 Å². The molecule has 1 aromatic heterocycles. The first-order valence-corrected chi connectivity index (χ1v) is 13.8. The zero-order valence-corrected chi connectivity index (χ0v) is 21.9. The Morgan fingerprint density at radius 1 is 0.857 bits per heavy atom. The van der Waals surface area contributed by atoms with E-state index in [1.807, 2.05) is 24.3 Å². The number of hydrogen-bond donors (Lipinski definition) is 0. The number of fused-ring (bicyclic) bond motifs is 1. The van der Waals surface area contributed by atoms with Crippen LogP contribution in [0.25, 0.3) is 10.2 Å². The second-order valence-electron chi connectivity index (χ2n) is 8.09. The number of carbonyl (C=O) groups excluding carboxylic acids is 2. The smallest absolute Gasteiger partial charge is 0.260 e. The summed E-state index contributed by atoms with van der Waals surface area (Å²) < 4.78 is 1.07. The highest BCUT2D eigenvalue weighted by Crippen LogP contribution is 2.32. The third-order valence-electron chi connectivity index (χ3n) is 6.02. The van der Waals surface area contributed by atoms with Crippen molar-refractivity contribution in [1.82, 2.24) is 9.88 Å². The second-order valence-corrected chi connectivity index (χ2v) is 9.98. The quantitative estimate of drug-likeness (QED) is 0.189. The Labute approximate surface area is 214 Å². The monoisotopic (exact) mass is 503 g/mol. The normalized spacial score (nSPS) is 11.2. The molecule has 5 nitrogen and oxygen atoms in total. The lowest BCUT2D eigenvalue weighted by Crippen LogP contribution is -2.38. The molecule has 0 saturated carbocycles. The van der Waals surface area contributed by atoms with Crippen molar-refractivity contribution >= 4 is 50.1 Å². The molecule has 4 rings (SSSR count). The number of benzene rings is 3. The van der Waals surface area contributed by atoms with E-state index in [0.717, 1.165) is 29.9 Å². The first kappa shape index (κ1) is 25.1. The molecule has 0 unspecified atom stereocenters. The van der Waals surface area contributed by atoms with Crippen LogP contribution in [0.5, 0.6) is 0 Å². The van der Waals surface area contributed by atoms with E-state index in [0.29, 0.717) is 28.4 Å². The van der Waals surface area contributed by atoms with Crippen LogP contribution in [0.1, 0.15) is 40.1 Å². The summed E-state index contributed by atoms with van der Waals surface area (Å²) in [4.78, 5) is 36.5. The number of rotatable bonds is 10. The molecule has 0 aliphatic heterocycles. The summed E-state index contributed by atoms with van der Waals surface area (Å²) in [6, 6.07) is 22.3. The van der Waals surface area contributed by atoms with Gasteiger partial charge in [-0.1, -0.05) is 67.6 Å². The molecule has 0 aliphatic carbocycles. The third kappa shape index (κ3) is 5.81. The zero-order chi connectivity index (χ0) is 24.8. The maximum atomic E-state index is 13.7. The first-order valence-electron chi connectivity index (χ1n) is 11.7. The number of aromatic nitrogens is 1. The number of nitrogens with zero attached hydrogens (tertiary/aromatic N) is 3. The van der Waals surface area contributed by atoms with Crippen molar-refractivity contribution in [2.45, 2.75) is 18.7 Å². The van der Waals surface area contributed by atoms with Crippen LogP contribution >= 0.6 is 23.1 Å². The van der Waals surface area contributed by atoms with Gasteiger partial charge in [-0.15, -0.1) is 11.8 Å². The molecule has 0 fully saturated rings. The first-order chi connectivity index (χ1) is 17.0. The van der Waals surface area contributed by atoms with Gasteiger partial charge in [0.2, 0.25) is 0 Å². The van der Waals surface area contributed by atoms with Crippen LogP contribution in [-0.2, 0) is 0 Å². The molecule has 0 aliphatic rings. The summed E-state index contributed by atoms with van der Waals surface area (Å²) >= 11 is 3.23. The minimum absolute atomic E-state index is 0.0567. The highest BCUT2D eigenvalue weighted by Gasteiger charge is 2.22. The molecule has 0 atom stereocenters. The lowest BCUT2D eigenvalue weighted by Gasteiger charge is -2.24. The highest BCUT2D eigenvalue weighted by atomic mass is 32.2. The molecule has 0 spiro atoms. The van der Waals surface area contributed by atoms with Crippen LogP contribution in [-0.4, -0.2) is 54.0 Å². The van der Waals surface area contributed by atoms with E-state index in [-0.39, 0.29) is 11.7 Å². The van der Waals surface area contributed by atoms with Crippen LogP contribution in [0.15, 0.2) is 77.7 Å². The fourth-order valence-corrected chi connectivity index (χ4v) is 5.42. The van der Waals surface area contributed by atoms with Crippen molar-refractivity contribution in [3.63, 3.8) is 0 Å². The van der Waals surface area contributed by atoms with Gasteiger partial charge in [-0.2, -0.15) is 0 Å². The number of thioether (sulfide) groups is 1. The van der Waals surface area contributed by atoms with Crippen molar-refractivity contribution in [2.75, 3.05) is 37.3 Å². The molecule has 180 valence electrons. The Morgan fingerprint density at radius 2 is 1.51 bits per heavy atom. The molecular weight excluding hydrogens is 474 g/mol. The maximum absolute atomic E-state index is 13.7. The summed E-state index contributed by atoms with van der Waals surface area (Å²) in [5.41, 5.74) is 2.63. The van der Waals surface area contributed by atoms with Crippen molar-refractivity contribution in [2.24, 2.45) is 0 Å². The molecule has 0 radical (unpaired) electrons. The van der Waals surface area contributed by atoms with Crippen LogP contribution in [0.2, 0.25) is 0 Å². The predicted molar refractivity (Wildman–Crippen MR) is 147 cm³/mol. The predicted octanol–water partition coefficient (Wildman–Crippen LogP) is 6.24. The number of carbonyl (C=O) groups is 2. The van der Waals surface area contributed by atoms with E-state index in [9.17, 15) is 9.59 Å². The van der Waals surface area contributed by atoms with Gasteiger partial charge in [0.15, 0.2) is 10.9 Å². The summed E-state index contributed by atoms with van der Waals surface area (Å²) in [5, 5.41) is 0.694. The Hall–Kier alpha value is -3.00. The molecule has 0 bridgehead atoms. The summed E-state index contributed by atoms with van der Waals surface area (Å²) in [6.07, 6.45) is 2.05. The minimum Gasteiger partial charge on any atom is -0.302 e. The van der Waals surface area contributed by atoms with E-state index in [2.05, 4.69) is 37.1 Å². The lowest BCUT2D eigenvalue weighted by atomic mass is 10.0. The Balaban J connectivity index is 1.62. The van der Waals surface area contributed by atoms with E-state index in [1.165, 1.54) is 16.2 Å². The lowest BCUT2D eigenvalue weighted by molar-refractivity contribution is 0.0981. The minimum atomic E-state index is -0.111. The number of amides is 1. The largest absolute Gasteiger partial charge is 0.302 e. The average Bonchev–Trinajstić information content (AvgIpc) is 3.34. The van der Waals surface area contributed by atoms with Crippen LogP contribution in [0.4, 0.5) is 5.13 Å². The van der Waals surface area contributed by atoms with Gasteiger partial charge >= 0.3 is 0 Å². The molecule has 7 heteroatoms. The van der Waals surface area contributed by atoms with E-state index < -0.39 is 0 Å². The Kier molecular flexibility index (Phi) is 8.33. The summed E-state index contributed by atoms with van der Waals surface area (Å²) in [5.74, 6) is -0.168. The Bertz CT molecular complexity index is 1300. The van der Waals surface area contributed by atoms with Gasteiger partial charge in [-0.25, -0.2) is 4.98 Å². The number of anilines is 1. The van der Waals surface area contributed by atoms with Gasteiger partial charge in [0.1, 0.15) is 0 Å². The summed E-state index contributed by atoms with van der Waals surface area (Å²) in [6.45, 7) is 7.40. The number of hydrogen-bond acceptors (Lipinski definition) is 6. The fourth-order valence-electron chi connectivity index (χ4n) is 3.88. The van der Waals surface area contributed by atoms with Gasteiger partial charge in [-0.3, -0.25) is 14.5 Å². The van der Waals surface area contributed by atoms with E-state index >= 15 is 0 Å². The summed E-state index contributed by atoms with van der Waals surface area (Å²) in [7, 11) is 0. The molecular formula is C28H29N3O2S2. The van der Waals surface area contributed by atoms with Gasteiger partial charge in [0.25, 0.3) is 5.91 Å². The highest BCUT2D eigenvalue weighted by molar-refractivity contribution is 7.98. The van der Waals surface area contributed by atoms with Crippen LogP contribution < -0.4 is 4.90 Å². The maximum Gasteiger partial charge on any atom is 0.260 e. The van der Waals surface area contributed by atoms with Gasteiger partial charge in [-0.05, 0) is 49.7 Å². The van der Waals surface area contributed by atoms with Crippen LogP contribution in [0, 0.1) is 0 Å². The van der Waals surface area contributed by atoms with Gasteiger partial charge in [0, 0.05) is 34.7 Å². The third-order valence-corrected chi connectivity index (χ3v) is 7.79. The molecule has 35 heavy (non-hydrogen) atoms. The topological polar surface area (TPSA) is 53.5 Å². The molecule has 1 amide bonds. The Morgan fingerprint density at radius 3 is 2.17 bits per heavy atom. The van der Waals surface area contributed by atoms with Crippen molar-refractivity contribution in [3.8, 4) is 0 Å². The molecule has 0 N–H and O–H groups in total. The van der Waals surface area contributed by atoms with Gasteiger partial charge < -0.3 is 4.90 Å². The zero-order valence-electron chi connectivity index (χ0n) is 20.2. The molecule has 4 aromatic rings. The van der Waals surface area contributed by atoms with Crippen molar-refractivity contribution in [1.29, 1.82) is 0 Å². The van der Waals surface area contributed by atoms with Crippen LogP contribution in [0.3, 0.4) is 0 Å². The average molecular weight is 504 g/mol. The van der Waals surface area contributed by atoms with E-state index in [4.69, 9.17) is 4.98 Å². The molecule has 3 aromatic carbocycles.